The van der Waals surface area contributed by atoms with E-state index in [-0.39, 0.29) is 4.88 Å². The number of alkyl halides is 3. The van der Waals surface area contributed by atoms with Gasteiger partial charge in [0.15, 0.2) is 5.78 Å². The molecule has 0 amide bonds. The summed E-state index contributed by atoms with van der Waals surface area (Å²) in [6.45, 7) is 0. The van der Waals surface area contributed by atoms with Crippen molar-refractivity contribution < 1.29 is 27.9 Å². The molecule has 1 heterocycles. The van der Waals surface area contributed by atoms with Gasteiger partial charge in [-0.2, -0.15) is 13.2 Å². The molecule has 1 atom stereocenters. The molecule has 0 aliphatic heterocycles. The zero-order chi connectivity index (χ0) is 13.1. The molecule has 7 heteroatoms. The van der Waals surface area contributed by atoms with Gasteiger partial charge in [-0.25, -0.2) is 0 Å². The summed E-state index contributed by atoms with van der Waals surface area (Å²) in [4.78, 5) is 22.0. The van der Waals surface area contributed by atoms with E-state index in [9.17, 15) is 22.8 Å². The summed E-state index contributed by atoms with van der Waals surface area (Å²) in [5, 5.41) is 9.96. The van der Waals surface area contributed by atoms with Gasteiger partial charge in [-0.1, -0.05) is 6.07 Å². The highest BCUT2D eigenvalue weighted by Crippen LogP contribution is 2.32. The molecule has 1 N–H and O–H groups in total. The Morgan fingerprint density at radius 2 is 2.00 bits per heavy atom. The fourth-order valence-electron chi connectivity index (χ4n) is 1.28. The van der Waals surface area contributed by atoms with E-state index in [1.165, 1.54) is 6.07 Å². The molecular weight excluding hydrogens is 257 g/mol. The molecule has 94 valence electrons. The number of carboxylic acids is 1. The second-order valence-electron chi connectivity index (χ2n) is 3.44. The van der Waals surface area contributed by atoms with Crippen molar-refractivity contribution in [2.24, 2.45) is 5.92 Å². The smallest absolute Gasteiger partial charge is 0.392 e. The summed E-state index contributed by atoms with van der Waals surface area (Å²) < 4.78 is 37.4. The summed E-state index contributed by atoms with van der Waals surface area (Å²) in [6, 6.07) is 2.97. The number of aliphatic carboxylic acids is 1. The Kier molecular flexibility index (Phi) is 4.28. The van der Waals surface area contributed by atoms with Gasteiger partial charge in [-0.15, -0.1) is 11.3 Å². The van der Waals surface area contributed by atoms with Crippen LogP contribution in [-0.2, 0) is 4.79 Å². The molecule has 0 saturated heterocycles. The van der Waals surface area contributed by atoms with Crippen LogP contribution in [0, 0.1) is 5.92 Å². The SMILES string of the molecule is O=C(O)C[C@H](CC(=O)c1cccs1)C(F)(F)F. The lowest BCUT2D eigenvalue weighted by Crippen LogP contribution is -2.27. The van der Waals surface area contributed by atoms with Crippen LogP contribution >= 0.6 is 11.3 Å². The van der Waals surface area contributed by atoms with Gasteiger partial charge in [0.25, 0.3) is 0 Å². The van der Waals surface area contributed by atoms with Crippen molar-refractivity contribution in [1.29, 1.82) is 0 Å². The minimum Gasteiger partial charge on any atom is -0.481 e. The molecule has 0 saturated carbocycles. The summed E-state index contributed by atoms with van der Waals surface area (Å²) in [5.74, 6) is -4.37. The van der Waals surface area contributed by atoms with Crippen LogP contribution in [0.5, 0.6) is 0 Å². The molecule has 0 aliphatic rings. The monoisotopic (exact) mass is 266 g/mol. The third-order valence-electron chi connectivity index (χ3n) is 2.11. The van der Waals surface area contributed by atoms with E-state index in [1.54, 1.807) is 11.4 Å². The molecule has 0 spiro atoms. The van der Waals surface area contributed by atoms with Crippen LogP contribution < -0.4 is 0 Å². The minimum atomic E-state index is -4.68. The van der Waals surface area contributed by atoms with E-state index in [4.69, 9.17) is 5.11 Å². The largest absolute Gasteiger partial charge is 0.481 e. The Bertz CT molecular complexity index is 397. The molecule has 0 fully saturated rings. The topological polar surface area (TPSA) is 54.4 Å². The van der Waals surface area contributed by atoms with Gasteiger partial charge >= 0.3 is 12.1 Å². The van der Waals surface area contributed by atoms with Gasteiger partial charge in [0, 0.05) is 6.42 Å². The maximum atomic E-state index is 12.5. The molecule has 0 radical (unpaired) electrons. The number of hydrogen-bond acceptors (Lipinski definition) is 3. The Labute approximate surface area is 98.9 Å². The molecule has 0 unspecified atom stereocenters. The molecule has 0 aromatic carbocycles. The Hall–Kier alpha value is -1.37. The van der Waals surface area contributed by atoms with Crippen molar-refractivity contribution in [1.82, 2.24) is 0 Å². The number of carboxylic acid groups (broad SMARTS) is 1. The highest BCUT2D eigenvalue weighted by molar-refractivity contribution is 7.12. The first-order valence-electron chi connectivity index (χ1n) is 4.66. The van der Waals surface area contributed by atoms with Gasteiger partial charge in [0.2, 0.25) is 0 Å². The van der Waals surface area contributed by atoms with Crippen molar-refractivity contribution >= 4 is 23.1 Å². The van der Waals surface area contributed by atoms with Crippen molar-refractivity contribution in [2.45, 2.75) is 19.0 Å². The van der Waals surface area contributed by atoms with Crippen LogP contribution in [0.3, 0.4) is 0 Å². The molecule has 1 aromatic rings. The van der Waals surface area contributed by atoms with Crippen molar-refractivity contribution in [3.63, 3.8) is 0 Å². The lowest BCUT2D eigenvalue weighted by atomic mass is 9.97. The average Bonchev–Trinajstić information content (AvgIpc) is 2.66. The van der Waals surface area contributed by atoms with Crippen LogP contribution in [0.15, 0.2) is 17.5 Å². The molecule has 17 heavy (non-hydrogen) atoms. The molecular formula is C10H9F3O3S. The zero-order valence-corrected chi connectivity index (χ0v) is 9.35. The van der Waals surface area contributed by atoms with Gasteiger partial charge in [-0.3, -0.25) is 9.59 Å². The van der Waals surface area contributed by atoms with Gasteiger partial charge < -0.3 is 5.11 Å². The van der Waals surface area contributed by atoms with Crippen LogP contribution in [0.25, 0.3) is 0 Å². The number of carbonyl (C=O) groups excluding carboxylic acids is 1. The first-order chi connectivity index (χ1) is 7.80. The van der Waals surface area contributed by atoms with E-state index >= 15 is 0 Å². The molecule has 1 rings (SSSR count). The lowest BCUT2D eigenvalue weighted by molar-refractivity contribution is -0.181. The van der Waals surface area contributed by atoms with E-state index in [1.807, 2.05) is 0 Å². The van der Waals surface area contributed by atoms with Crippen LogP contribution in [0.2, 0.25) is 0 Å². The van der Waals surface area contributed by atoms with Crippen molar-refractivity contribution in [2.75, 3.05) is 0 Å². The Morgan fingerprint density at radius 3 is 2.41 bits per heavy atom. The maximum Gasteiger partial charge on any atom is 0.392 e. The molecule has 0 bridgehead atoms. The third kappa shape index (κ3) is 4.18. The van der Waals surface area contributed by atoms with E-state index in [2.05, 4.69) is 0 Å². The van der Waals surface area contributed by atoms with Crippen LogP contribution in [0.4, 0.5) is 13.2 Å². The summed E-state index contributed by atoms with van der Waals surface area (Å²) in [6.07, 6.45) is -6.58. The van der Waals surface area contributed by atoms with Gasteiger partial charge in [-0.05, 0) is 11.4 Å². The van der Waals surface area contributed by atoms with Crippen LogP contribution in [-0.4, -0.2) is 23.0 Å². The predicted molar refractivity (Wildman–Crippen MR) is 55.1 cm³/mol. The summed E-state index contributed by atoms with van der Waals surface area (Å²) in [7, 11) is 0. The van der Waals surface area contributed by atoms with E-state index in [0.29, 0.717) is 0 Å². The van der Waals surface area contributed by atoms with Crippen molar-refractivity contribution in [3.05, 3.63) is 22.4 Å². The fraction of sp³-hybridized carbons (Fsp3) is 0.400. The first kappa shape index (κ1) is 13.7. The Morgan fingerprint density at radius 1 is 1.35 bits per heavy atom. The first-order valence-corrected chi connectivity index (χ1v) is 5.54. The maximum absolute atomic E-state index is 12.5. The van der Waals surface area contributed by atoms with Gasteiger partial charge in [0.05, 0.1) is 17.2 Å². The molecule has 0 aliphatic carbocycles. The molecule has 1 aromatic heterocycles. The number of rotatable bonds is 5. The fourth-order valence-corrected chi connectivity index (χ4v) is 1.95. The number of halogens is 3. The highest BCUT2D eigenvalue weighted by Gasteiger charge is 2.42. The number of carbonyl (C=O) groups is 2. The minimum absolute atomic E-state index is 0.213. The van der Waals surface area contributed by atoms with E-state index in [0.717, 1.165) is 11.3 Å². The lowest BCUT2D eigenvalue weighted by Gasteiger charge is -2.17. The highest BCUT2D eigenvalue weighted by atomic mass is 32.1. The number of thiophene rings is 1. The average molecular weight is 266 g/mol. The number of Topliss-reactive ketones (excluding diaryl/α,β-unsaturated/α-hetero) is 1. The van der Waals surface area contributed by atoms with Crippen molar-refractivity contribution in [3.8, 4) is 0 Å². The third-order valence-corrected chi connectivity index (χ3v) is 3.02. The van der Waals surface area contributed by atoms with E-state index < -0.39 is 36.7 Å². The quantitative estimate of drug-likeness (QED) is 0.833. The second-order valence-corrected chi connectivity index (χ2v) is 4.39. The number of ketones is 1. The summed E-state index contributed by atoms with van der Waals surface area (Å²) in [5.41, 5.74) is 0. The van der Waals surface area contributed by atoms with Crippen LogP contribution in [0.1, 0.15) is 22.5 Å². The summed E-state index contributed by atoms with van der Waals surface area (Å²) >= 11 is 1.04. The second kappa shape index (κ2) is 5.31. The number of hydrogen-bond donors (Lipinski definition) is 1. The Balaban J connectivity index is 2.73. The zero-order valence-electron chi connectivity index (χ0n) is 8.53. The molecule has 3 nitrogen and oxygen atoms in total. The standard InChI is InChI=1S/C10H9F3O3S/c11-10(12,13)6(5-9(15)16)4-7(14)8-2-1-3-17-8/h1-3,6H,4-5H2,(H,15,16)/t6-/m0/s1. The predicted octanol–water partition coefficient (Wildman–Crippen LogP) is 2.97. The normalized spacial score (nSPS) is 13.4. The van der Waals surface area contributed by atoms with Gasteiger partial charge in [0.1, 0.15) is 0 Å².